The van der Waals surface area contributed by atoms with Crippen LogP contribution in [0.1, 0.15) is 6.42 Å². The second kappa shape index (κ2) is 1.59. The minimum absolute atomic E-state index is 0.0336. The quantitative estimate of drug-likeness (QED) is 0.457. The summed E-state index contributed by atoms with van der Waals surface area (Å²) in [6.07, 6.45) is 0.138. The predicted octanol–water partition coefficient (Wildman–Crippen LogP) is -0.238. The first-order valence-electron chi connectivity index (χ1n) is 2.31. The number of aliphatic hydroxyl groups is 2. The molecule has 44 valence electrons. The molecule has 0 aromatic heterocycles. The first-order valence-corrected chi connectivity index (χ1v) is 2.31. The Morgan fingerprint density at radius 1 is 1.75 bits per heavy atom. The molecule has 8 heavy (non-hydrogen) atoms. The van der Waals surface area contributed by atoms with Crippen LogP contribution in [0.4, 0.5) is 0 Å². The van der Waals surface area contributed by atoms with Crippen molar-refractivity contribution in [3.8, 4) is 0 Å². The van der Waals surface area contributed by atoms with E-state index in [0.29, 0.717) is 0 Å². The molecule has 0 saturated heterocycles. The average Bonchev–Trinajstić information content (AvgIpc) is 1.85. The fraction of sp³-hybridized carbons (Fsp3) is 0.400. The molecule has 0 radical (unpaired) electrons. The third kappa shape index (κ3) is 0.721. The summed E-state index contributed by atoms with van der Waals surface area (Å²) in [4.78, 5) is 10.3. The molecule has 3 nitrogen and oxygen atoms in total. The van der Waals surface area contributed by atoms with Crippen LogP contribution in [0, 0.1) is 0 Å². The zero-order valence-corrected chi connectivity index (χ0v) is 4.16. The molecule has 1 aliphatic rings. The summed E-state index contributed by atoms with van der Waals surface area (Å²) in [6.45, 7) is 0. The van der Waals surface area contributed by atoms with Crippen molar-refractivity contribution in [3.05, 3.63) is 11.8 Å². The molecule has 0 amide bonds. The van der Waals surface area contributed by atoms with Gasteiger partial charge >= 0.3 is 0 Å². The zero-order valence-electron chi connectivity index (χ0n) is 4.16. The molecule has 0 spiro atoms. The lowest BCUT2D eigenvalue weighted by Crippen LogP contribution is -2.04. The summed E-state index contributed by atoms with van der Waals surface area (Å²) in [7, 11) is 0. The summed E-state index contributed by atoms with van der Waals surface area (Å²) in [6, 6.07) is 0. The van der Waals surface area contributed by atoms with Gasteiger partial charge in [0, 0.05) is 12.5 Å². The van der Waals surface area contributed by atoms with Gasteiger partial charge in [0.1, 0.15) is 11.9 Å². The third-order valence-corrected chi connectivity index (χ3v) is 1.04. The molecule has 2 N–H and O–H groups in total. The number of hydrogen-bond acceptors (Lipinski definition) is 3. The summed E-state index contributed by atoms with van der Waals surface area (Å²) < 4.78 is 0. The van der Waals surface area contributed by atoms with E-state index in [2.05, 4.69) is 0 Å². The van der Waals surface area contributed by atoms with Crippen molar-refractivity contribution in [2.75, 3.05) is 0 Å². The number of carbonyl (C=O) groups excluding carboxylic acids is 1. The highest BCUT2D eigenvalue weighted by molar-refractivity contribution is 5.93. The molecule has 1 aliphatic carbocycles. The van der Waals surface area contributed by atoms with Crippen LogP contribution in [0.5, 0.6) is 0 Å². The molecule has 1 rings (SSSR count). The number of ketones is 1. The second-order valence-electron chi connectivity index (χ2n) is 1.76. The van der Waals surface area contributed by atoms with Gasteiger partial charge in [-0.25, -0.2) is 0 Å². The fourth-order valence-electron chi connectivity index (χ4n) is 0.615. The minimum atomic E-state index is -0.942. The second-order valence-corrected chi connectivity index (χ2v) is 1.76. The number of carbonyl (C=O) groups is 1. The van der Waals surface area contributed by atoms with Crippen molar-refractivity contribution in [3.63, 3.8) is 0 Å². The monoisotopic (exact) mass is 114 g/mol. The molecule has 0 aromatic rings. The lowest BCUT2D eigenvalue weighted by atomic mass is 10.3. The Balaban J connectivity index is 2.73. The SMILES string of the molecule is O=C1C=C(O)C(O)C1. The highest BCUT2D eigenvalue weighted by Crippen LogP contribution is 2.11. The van der Waals surface area contributed by atoms with Gasteiger partial charge in [-0.05, 0) is 0 Å². The van der Waals surface area contributed by atoms with Gasteiger partial charge in [0.25, 0.3) is 0 Å². The lowest BCUT2D eigenvalue weighted by Gasteiger charge is -1.95. The summed E-state index contributed by atoms with van der Waals surface area (Å²) in [5.74, 6) is -0.426. The van der Waals surface area contributed by atoms with Crippen LogP contribution in [0.25, 0.3) is 0 Å². The number of rotatable bonds is 0. The van der Waals surface area contributed by atoms with Crippen LogP contribution in [0.2, 0.25) is 0 Å². The van der Waals surface area contributed by atoms with Crippen molar-refractivity contribution >= 4 is 5.78 Å². The van der Waals surface area contributed by atoms with Gasteiger partial charge in [-0.1, -0.05) is 0 Å². The first kappa shape index (κ1) is 5.31. The molecule has 1 unspecified atom stereocenters. The molecule has 0 aromatic carbocycles. The van der Waals surface area contributed by atoms with Gasteiger partial charge < -0.3 is 10.2 Å². The third-order valence-electron chi connectivity index (χ3n) is 1.04. The maximum atomic E-state index is 10.3. The average molecular weight is 114 g/mol. The topological polar surface area (TPSA) is 57.5 Å². The van der Waals surface area contributed by atoms with Crippen molar-refractivity contribution in [2.45, 2.75) is 12.5 Å². The highest BCUT2D eigenvalue weighted by Gasteiger charge is 2.20. The molecule has 0 heterocycles. The van der Waals surface area contributed by atoms with Crippen molar-refractivity contribution in [1.29, 1.82) is 0 Å². The Labute approximate surface area is 46.3 Å². The van der Waals surface area contributed by atoms with Crippen LogP contribution < -0.4 is 0 Å². The van der Waals surface area contributed by atoms with Crippen LogP contribution >= 0.6 is 0 Å². The van der Waals surface area contributed by atoms with E-state index in [1.54, 1.807) is 0 Å². The van der Waals surface area contributed by atoms with E-state index in [0.717, 1.165) is 6.08 Å². The van der Waals surface area contributed by atoms with E-state index in [1.165, 1.54) is 0 Å². The Kier molecular flexibility index (Phi) is 1.06. The van der Waals surface area contributed by atoms with Crippen molar-refractivity contribution in [2.24, 2.45) is 0 Å². The van der Waals surface area contributed by atoms with E-state index < -0.39 is 6.10 Å². The number of allylic oxidation sites excluding steroid dienone is 1. The van der Waals surface area contributed by atoms with Gasteiger partial charge in [0.2, 0.25) is 0 Å². The normalized spacial score (nSPS) is 28.4. The Morgan fingerprint density at radius 3 is 2.50 bits per heavy atom. The number of hydrogen-bond donors (Lipinski definition) is 2. The standard InChI is InChI=1S/C5H6O3/c6-3-1-4(7)5(8)2-3/h1,5,7-8H,2H2. The van der Waals surface area contributed by atoms with Gasteiger partial charge in [-0.15, -0.1) is 0 Å². The van der Waals surface area contributed by atoms with Gasteiger partial charge in [-0.2, -0.15) is 0 Å². The minimum Gasteiger partial charge on any atom is -0.509 e. The van der Waals surface area contributed by atoms with Crippen LogP contribution in [-0.2, 0) is 4.79 Å². The Bertz CT molecular complexity index is 148. The molecule has 0 aliphatic heterocycles. The summed E-state index contributed by atoms with van der Waals surface area (Å²) >= 11 is 0. The van der Waals surface area contributed by atoms with E-state index in [1.807, 2.05) is 0 Å². The van der Waals surface area contributed by atoms with E-state index in [-0.39, 0.29) is 18.0 Å². The largest absolute Gasteiger partial charge is 0.509 e. The molecule has 0 fully saturated rings. The maximum absolute atomic E-state index is 10.3. The maximum Gasteiger partial charge on any atom is 0.162 e. The zero-order chi connectivity index (χ0) is 6.15. The predicted molar refractivity (Wildman–Crippen MR) is 26.3 cm³/mol. The molecule has 0 bridgehead atoms. The smallest absolute Gasteiger partial charge is 0.162 e. The highest BCUT2D eigenvalue weighted by atomic mass is 16.3. The van der Waals surface area contributed by atoms with E-state index >= 15 is 0 Å². The molecular weight excluding hydrogens is 108 g/mol. The first-order chi connectivity index (χ1) is 3.70. The molecular formula is C5H6O3. The fourth-order valence-corrected chi connectivity index (χ4v) is 0.615. The van der Waals surface area contributed by atoms with E-state index in [9.17, 15) is 4.79 Å². The number of aliphatic hydroxyl groups excluding tert-OH is 2. The molecule has 1 atom stereocenters. The van der Waals surface area contributed by atoms with Crippen molar-refractivity contribution in [1.82, 2.24) is 0 Å². The Hall–Kier alpha value is -0.830. The molecule has 3 heteroatoms. The lowest BCUT2D eigenvalue weighted by molar-refractivity contribution is -0.115. The summed E-state index contributed by atoms with van der Waals surface area (Å²) in [5.41, 5.74) is 0. The Morgan fingerprint density at radius 2 is 2.38 bits per heavy atom. The van der Waals surface area contributed by atoms with E-state index in [4.69, 9.17) is 10.2 Å². The summed E-state index contributed by atoms with van der Waals surface area (Å²) in [5, 5.41) is 17.2. The van der Waals surface area contributed by atoms with Gasteiger partial charge in [0.15, 0.2) is 5.78 Å². The van der Waals surface area contributed by atoms with Gasteiger partial charge in [0.05, 0.1) is 0 Å². The van der Waals surface area contributed by atoms with Crippen LogP contribution in [-0.4, -0.2) is 22.1 Å². The van der Waals surface area contributed by atoms with Crippen LogP contribution in [0.15, 0.2) is 11.8 Å². The van der Waals surface area contributed by atoms with Crippen molar-refractivity contribution < 1.29 is 15.0 Å². The van der Waals surface area contributed by atoms with Crippen LogP contribution in [0.3, 0.4) is 0 Å². The molecule has 0 saturated carbocycles. The van der Waals surface area contributed by atoms with Gasteiger partial charge in [-0.3, -0.25) is 4.79 Å².